The zero-order valence-corrected chi connectivity index (χ0v) is 15.4. The van der Waals surface area contributed by atoms with Crippen LogP contribution in [0.2, 0.25) is 0 Å². The normalized spacial score (nSPS) is 10.3. The number of carbonyl (C=O) groups excluding carboxylic acids is 3. The summed E-state index contributed by atoms with van der Waals surface area (Å²) in [5.41, 5.74) is 0.0658. The fraction of sp³-hybridized carbons (Fsp3) is 0.294. The molecule has 8 nitrogen and oxygen atoms in total. The van der Waals surface area contributed by atoms with Crippen LogP contribution in [-0.2, 0) is 14.3 Å². The van der Waals surface area contributed by atoms with Gasteiger partial charge in [0, 0.05) is 11.6 Å². The van der Waals surface area contributed by atoms with Crippen molar-refractivity contribution in [2.24, 2.45) is 0 Å². The van der Waals surface area contributed by atoms with Crippen LogP contribution in [0, 0.1) is 12.7 Å². The number of hydrogen-bond donors (Lipinski definition) is 1. The number of esters is 1. The predicted octanol–water partition coefficient (Wildman–Crippen LogP) is 2.23. The van der Waals surface area contributed by atoms with E-state index in [0.29, 0.717) is 5.76 Å². The minimum absolute atomic E-state index is 0.00134. The van der Waals surface area contributed by atoms with Crippen LogP contribution in [0.25, 0.3) is 0 Å². The van der Waals surface area contributed by atoms with Crippen LogP contribution >= 0.6 is 11.8 Å². The maximum atomic E-state index is 13.6. The SMILES string of the molecule is COc1ccc(C(=O)COC(=O)CSCC(=O)Nc2cc(C)on2)cc1F. The third-order valence-electron chi connectivity index (χ3n) is 3.19. The summed E-state index contributed by atoms with van der Waals surface area (Å²) in [6.07, 6.45) is 0. The molecule has 0 radical (unpaired) electrons. The molecule has 0 atom stereocenters. The Kier molecular flexibility index (Phi) is 7.35. The first-order chi connectivity index (χ1) is 12.9. The molecule has 1 aromatic heterocycles. The lowest BCUT2D eigenvalue weighted by molar-refractivity contribution is -0.139. The summed E-state index contributed by atoms with van der Waals surface area (Å²) in [6.45, 7) is 1.17. The van der Waals surface area contributed by atoms with E-state index in [1.807, 2.05) is 0 Å². The van der Waals surface area contributed by atoms with Gasteiger partial charge in [-0.1, -0.05) is 5.16 Å². The van der Waals surface area contributed by atoms with Gasteiger partial charge in [-0.2, -0.15) is 0 Å². The highest BCUT2D eigenvalue weighted by molar-refractivity contribution is 8.00. The number of carbonyl (C=O) groups is 3. The standard InChI is InChI=1S/C17H17FN2O6S/c1-10-5-15(20-26-10)19-16(22)8-27-9-17(23)25-7-13(21)11-3-4-14(24-2)12(18)6-11/h3-6H,7-9H2,1-2H3,(H,19,20,22). The number of nitrogens with one attached hydrogen (secondary N) is 1. The Morgan fingerprint density at radius 1 is 1.26 bits per heavy atom. The van der Waals surface area contributed by atoms with Crippen molar-refractivity contribution >= 4 is 35.2 Å². The van der Waals surface area contributed by atoms with Crippen LogP contribution in [-0.4, -0.2) is 48.0 Å². The van der Waals surface area contributed by atoms with Crippen LogP contribution < -0.4 is 10.1 Å². The van der Waals surface area contributed by atoms with Crippen molar-refractivity contribution in [2.75, 3.05) is 30.5 Å². The van der Waals surface area contributed by atoms with E-state index in [1.165, 1.54) is 19.2 Å². The average molecular weight is 396 g/mol. The number of aryl methyl sites for hydroxylation is 1. The van der Waals surface area contributed by atoms with Crippen molar-refractivity contribution in [3.8, 4) is 5.75 Å². The van der Waals surface area contributed by atoms with E-state index >= 15 is 0 Å². The number of nitrogens with zero attached hydrogens (tertiary/aromatic N) is 1. The van der Waals surface area contributed by atoms with Gasteiger partial charge in [0.1, 0.15) is 5.76 Å². The summed E-state index contributed by atoms with van der Waals surface area (Å²) in [6, 6.07) is 5.27. The van der Waals surface area contributed by atoms with Gasteiger partial charge < -0.3 is 19.3 Å². The van der Waals surface area contributed by atoms with Gasteiger partial charge in [-0.25, -0.2) is 4.39 Å². The number of hydrogen-bond acceptors (Lipinski definition) is 8. The van der Waals surface area contributed by atoms with E-state index < -0.39 is 24.2 Å². The smallest absolute Gasteiger partial charge is 0.316 e. The van der Waals surface area contributed by atoms with Crippen molar-refractivity contribution in [1.29, 1.82) is 0 Å². The molecule has 0 saturated carbocycles. The number of methoxy groups -OCH3 is 1. The van der Waals surface area contributed by atoms with E-state index in [4.69, 9.17) is 14.0 Å². The Morgan fingerprint density at radius 2 is 2.04 bits per heavy atom. The van der Waals surface area contributed by atoms with Gasteiger partial charge in [-0.15, -0.1) is 11.8 Å². The average Bonchev–Trinajstić information content (AvgIpc) is 3.04. The fourth-order valence-electron chi connectivity index (χ4n) is 1.94. The lowest BCUT2D eigenvalue weighted by Gasteiger charge is -2.06. The Bertz CT molecular complexity index is 839. The molecule has 0 saturated heterocycles. The van der Waals surface area contributed by atoms with E-state index in [1.54, 1.807) is 13.0 Å². The zero-order chi connectivity index (χ0) is 19.8. The first kappa shape index (κ1) is 20.4. The number of anilines is 1. The van der Waals surface area contributed by atoms with Gasteiger partial charge in [0.25, 0.3) is 0 Å². The quantitative estimate of drug-likeness (QED) is 0.508. The van der Waals surface area contributed by atoms with E-state index in [9.17, 15) is 18.8 Å². The Morgan fingerprint density at radius 3 is 2.67 bits per heavy atom. The molecule has 27 heavy (non-hydrogen) atoms. The number of benzene rings is 1. The Balaban J connectivity index is 1.69. The number of amides is 1. The van der Waals surface area contributed by atoms with Gasteiger partial charge in [0.2, 0.25) is 5.91 Å². The number of ether oxygens (including phenoxy) is 2. The van der Waals surface area contributed by atoms with Crippen LogP contribution in [0.15, 0.2) is 28.8 Å². The third kappa shape index (κ3) is 6.41. The van der Waals surface area contributed by atoms with Crippen LogP contribution in [0.1, 0.15) is 16.1 Å². The molecular weight excluding hydrogens is 379 g/mol. The largest absolute Gasteiger partial charge is 0.494 e. The van der Waals surface area contributed by atoms with E-state index in [0.717, 1.165) is 17.8 Å². The summed E-state index contributed by atoms with van der Waals surface area (Å²) in [7, 11) is 1.31. The number of ketones is 1. The zero-order valence-electron chi connectivity index (χ0n) is 14.6. The molecule has 2 rings (SSSR count). The van der Waals surface area contributed by atoms with Gasteiger partial charge in [-0.3, -0.25) is 14.4 Å². The minimum atomic E-state index is -0.682. The van der Waals surface area contributed by atoms with Gasteiger partial charge in [0.05, 0.1) is 18.6 Å². The van der Waals surface area contributed by atoms with Crippen LogP contribution in [0.4, 0.5) is 10.2 Å². The van der Waals surface area contributed by atoms with E-state index in [2.05, 4.69) is 10.5 Å². The summed E-state index contributed by atoms with van der Waals surface area (Å²) < 4.78 is 28.0. The summed E-state index contributed by atoms with van der Waals surface area (Å²) in [5.74, 6) is -1.50. The highest BCUT2D eigenvalue weighted by atomic mass is 32.2. The second kappa shape index (κ2) is 9.72. The first-order valence-corrected chi connectivity index (χ1v) is 8.87. The van der Waals surface area contributed by atoms with Crippen LogP contribution in [0.3, 0.4) is 0 Å². The molecule has 2 aromatic rings. The van der Waals surface area contributed by atoms with Crippen molar-refractivity contribution in [2.45, 2.75) is 6.92 Å². The van der Waals surface area contributed by atoms with Crippen molar-refractivity contribution in [3.05, 3.63) is 41.4 Å². The third-order valence-corrected chi connectivity index (χ3v) is 4.09. The molecule has 0 bridgehead atoms. The molecule has 0 spiro atoms. The maximum absolute atomic E-state index is 13.6. The lowest BCUT2D eigenvalue weighted by Crippen LogP contribution is -2.18. The molecule has 0 aliphatic heterocycles. The molecule has 0 fully saturated rings. The number of halogens is 1. The molecule has 10 heteroatoms. The van der Waals surface area contributed by atoms with Crippen molar-refractivity contribution < 1.29 is 32.8 Å². The highest BCUT2D eigenvalue weighted by Gasteiger charge is 2.14. The predicted molar refractivity (Wildman–Crippen MR) is 95.4 cm³/mol. The first-order valence-electron chi connectivity index (χ1n) is 7.72. The molecule has 1 heterocycles. The lowest BCUT2D eigenvalue weighted by atomic mass is 10.1. The number of Topliss-reactive ketones (excluding diaryl/α,β-unsaturated/α-hetero) is 1. The molecule has 1 aromatic carbocycles. The maximum Gasteiger partial charge on any atom is 0.316 e. The number of thioether (sulfide) groups is 1. The molecule has 1 N–H and O–H groups in total. The molecule has 0 aliphatic rings. The van der Waals surface area contributed by atoms with Gasteiger partial charge >= 0.3 is 5.97 Å². The van der Waals surface area contributed by atoms with Crippen LogP contribution in [0.5, 0.6) is 5.75 Å². The molecule has 0 aliphatic carbocycles. The van der Waals surface area contributed by atoms with Crippen molar-refractivity contribution in [1.82, 2.24) is 5.16 Å². The monoisotopic (exact) mass is 396 g/mol. The number of rotatable bonds is 9. The second-order valence-corrected chi connectivity index (χ2v) is 6.28. The summed E-state index contributed by atoms with van der Waals surface area (Å²) in [4.78, 5) is 35.2. The highest BCUT2D eigenvalue weighted by Crippen LogP contribution is 2.18. The Labute approximate surface area is 158 Å². The summed E-state index contributed by atoms with van der Waals surface area (Å²) >= 11 is 1.02. The fourth-order valence-corrected chi connectivity index (χ4v) is 2.55. The molecule has 1 amide bonds. The number of aromatic nitrogens is 1. The second-order valence-electron chi connectivity index (χ2n) is 5.30. The topological polar surface area (TPSA) is 108 Å². The van der Waals surface area contributed by atoms with Crippen molar-refractivity contribution in [3.63, 3.8) is 0 Å². The minimum Gasteiger partial charge on any atom is -0.494 e. The molecule has 144 valence electrons. The molecule has 0 unspecified atom stereocenters. The van der Waals surface area contributed by atoms with Gasteiger partial charge in [0.15, 0.2) is 29.8 Å². The Hall–Kier alpha value is -2.88. The van der Waals surface area contributed by atoms with Gasteiger partial charge in [-0.05, 0) is 25.1 Å². The summed E-state index contributed by atoms with van der Waals surface area (Å²) in [5, 5.41) is 6.12. The molecular formula is C17H17FN2O6S. The van der Waals surface area contributed by atoms with E-state index in [-0.39, 0.29) is 34.5 Å².